The third-order valence-electron chi connectivity index (χ3n) is 12.4. The Morgan fingerprint density at radius 1 is 0.487 bits per heavy atom. The summed E-state index contributed by atoms with van der Waals surface area (Å²) in [6.07, 6.45) is 8.44. The summed E-state index contributed by atoms with van der Waals surface area (Å²) in [5.74, 6) is -0.802. The van der Waals surface area contributed by atoms with E-state index in [0.29, 0.717) is 31.1 Å². The SMILES string of the molecule is C=C(C)C(=O)OC1CC2CC1C1C(O)C(OP(=O)(OCCCC)OCCCC)CC21.C=C(C)C(=O)OCC(O)COP(=O)(OCCCC)OCCCC.C=C(C)C(=O)OCOCC(O)COP(=O)(OCCCC)OCCCC. The highest BCUT2D eigenvalue weighted by Crippen LogP contribution is 2.63. The third kappa shape index (κ3) is 29.7. The summed E-state index contributed by atoms with van der Waals surface area (Å²) in [7, 11) is -11.2. The molecule has 0 aromatic heterocycles. The quantitative estimate of drug-likeness (QED) is 0.0128. The van der Waals surface area contributed by atoms with E-state index in [2.05, 4.69) is 19.7 Å². The summed E-state index contributed by atoms with van der Waals surface area (Å²) in [6.45, 7) is 27.4. The predicted molar refractivity (Wildman–Crippen MR) is 293 cm³/mol. The first-order valence-corrected chi connectivity index (χ1v) is 32.1. The first-order chi connectivity index (χ1) is 37.0. The molecule has 0 heterocycles. The fraction of sp³-hybridized carbons (Fsp3) is 0.830. The fourth-order valence-electron chi connectivity index (χ4n) is 8.01. The van der Waals surface area contributed by atoms with E-state index >= 15 is 0 Å². The molecule has 0 aromatic carbocycles. The van der Waals surface area contributed by atoms with Crippen LogP contribution in [0.2, 0.25) is 0 Å². The van der Waals surface area contributed by atoms with Gasteiger partial charge in [-0.15, -0.1) is 0 Å². The summed E-state index contributed by atoms with van der Waals surface area (Å²) in [5.41, 5.74) is 0.869. The molecule has 0 spiro atoms. The monoisotopic (exact) mass is 1180 g/mol. The maximum absolute atomic E-state index is 13.2. The van der Waals surface area contributed by atoms with Crippen molar-refractivity contribution in [2.75, 3.05) is 72.9 Å². The third-order valence-corrected chi connectivity index (χ3v) is 16.8. The minimum atomic E-state index is -3.73. The van der Waals surface area contributed by atoms with Crippen LogP contribution < -0.4 is 0 Å². The number of unbranched alkanes of at least 4 members (excludes halogenated alkanes) is 6. The van der Waals surface area contributed by atoms with Crippen LogP contribution in [0.15, 0.2) is 36.5 Å². The van der Waals surface area contributed by atoms with Crippen molar-refractivity contribution in [2.45, 2.75) is 189 Å². The maximum Gasteiger partial charge on any atom is 0.475 e. The summed E-state index contributed by atoms with van der Waals surface area (Å²) in [4.78, 5) is 34.3. The molecule has 3 N–H and O–H groups in total. The molecule has 3 aliphatic carbocycles. The number of aliphatic hydroxyl groups excluding tert-OH is 3. The lowest BCUT2D eigenvalue weighted by atomic mass is 9.79. The van der Waals surface area contributed by atoms with E-state index in [0.717, 1.165) is 89.9 Å². The lowest BCUT2D eigenvalue weighted by molar-refractivity contribution is -0.154. The Kier molecular flexibility index (Phi) is 38.7. The molecule has 0 saturated heterocycles. The van der Waals surface area contributed by atoms with Gasteiger partial charge in [0, 0.05) is 22.6 Å². The Labute approximate surface area is 465 Å². The van der Waals surface area contributed by atoms with Gasteiger partial charge >= 0.3 is 41.4 Å². The maximum atomic E-state index is 13.2. The van der Waals surface area contributed by atoms with Crippen molar-refractivity contribution in [3.63, 3.8) is 0 Å². The standard InChI is InChI=1S/C22H37O7P.C16H31O8P.C15H29O7P/c1-5-7-9-26-30(25,27-10-8-6-2)29-19-13-16-15-11-17(20(16)21(19)23)18(12-15)28-22(24)14(3)4;1-5-7-9-22-25(19,23-10-8-6-2)24-12-15(17)11-20-13-21-16(18)14(3)4;1-5-7-9-20-23(18,21-10-8-6-2)22-12-14(16)11-19-15(17)13(3)4/h15-21,23H,3,5-13H2,1-2,4H3;15,17H,3,5-13H2,1-2,4H3;14,16H,3,5-12H2,1-2,4H3. The first kappa shape index (κ1) is 73.8. The van der Waals surface area contributed by atoms with Gasteiger partial charge in [-0.25, -0.2) is 28.1 Å². The van der Waals surface area contributed by atoms with Gasteiger partial charge in [0.05, 0.1) is 71.7 Å². The molecule has 0 aliphatic heterocycles. The van der Waals surface area contributed by atoms with Crippen molar-refractivity contribution < 1.29 is 103 Å². The molecule has 22 nitrogen and oxygen atoms in total. The van der Waals surface area contributed by atoms with Gasteiger partial charge in [0.1, 0.15) is 24.9 Å². The summed E-state index contributed by atoms with van der Waals surface area (Å²) < 4.78 is 106. The van der Waals surface area contributed by atoms with E-state index in [1.165, 1.54) is 13.8 Å². The minimum Gasteiger partial charge on any atom is -0.460 e. The topological polar surface area (TPSA) is 283 Å². The average Bonchev–Trinajstić information content (AvgIpc) is 4.07. The molecular weight excluding hydrogens is 1080 g/mol. The lowest BCUT2D eigenvalue weighted by Gasteiger charge is -2.32. The Balaban J connectivity index is 0.000000593. The van der Waals surface area contributed by atoms with Crippen LogP contribution in [0.3, 0.4) is 0 Å². The van der Waals surface area contributed by atoms with E-state index in [4.69, 9.17) is 59.7 Å². The number of carbonyl (C=O) groups is 3. The number of esters is 3. The Hall–Kier alpha value is -2.20. The van der Waals surface area contributed by atoms with Gasteiger partial charge in [-0.2, -0.15) is 0 Å². The van der Waals surface area contributed by atoms with E-state index in [1.54, 1.807) is 6.92 Å². The number of hydrogen-bond acceptors (Lipinski definition) is 22. The molecule has 9 atom stereocenters. The molecule has 3 aliphatic rings. The summed E-state index contributed by atoms with van der Waals surface area (Å²) in [5, 5.41) is 30.5. The molecule has 9 unspecified atom stereocenters. The lowest BCUT2D eigenvalue weighted by Crippen LogP contribution is -2.38. The van der Waals surface area contributed by atoms with E-state index in [9.17, 15) is 43.4 Å². The summed E-state index contributed by atoms with van der Waals surface area (Å²) in [6, 6.07) is 0. The molecule has 0 radical (unpaired) electrons. The number of carbonyl (C=O) groups excluding carboxylic acids is 3. The van der Waals surface area contributed by atoms with Crippen molar-refractivity contribution in [1.29, 1.82) is 0 Å². The molecule has 2 bridgehead atoms. The molecule has 3 saturated carbocycles. The van der Waals surface area contributed by atoms with Gasteiger partial charge in [0.2, 0.25) is 0 Å². The van der Waals surface area contributed by atoms with Gasteiger partial charge in [-0.1, -0.05) is 99.8 Å². The van der Waals surface area contributed by atoms with Crippen molar-refractivity contribution in [2.24, 2.45) is 23.7 Å². The molecule has 456 valence electrons. The Morgan fingerprint density at radius 3 is 1.27 bits per heavy atom. The van der Waals surface area contributed by atoms with Gasteiger partial charge in [-0.3, -0.25) is 40.7 Å². The van der Waals surface area contributed by atoms with Gasteiger partial charge < -0.3 is 34.3 Å². The van der Waals surface area contributed by atoms with Crippen molar-refractivity contribution in [1.82, 2.24) is 0 Å². The van der Waals surface area contributed by atoms with Gasteiger partial charge in [0.25, 0.3) is 0 Å². The second-order valence-electron chi connectivity index (χ2n) is 19.7. The largest absolute Gasteiger partial charge is 0.475 e. The van der Waals surface area contributed by atoms with Crippen LogP contribution in [0.4, 0.5) is 0 Å². The molecule has 0 amide bonds. The van der Waals surface area contributed by atoms with E-state index in [1.807, 2.05) is 41.5 Å². The second-order valence-corrected chi connectivity index (χ2v) is 24.6. The number of aliphatic hydroxyl groups is 3. The number of rotatable bonds is 42. The molecule has 78 heavy (non-hydrogen) atoms. The van der Waals surface area contributed by atoms with E-state index < -0.39 is 59.8 Å². The number of hydrogen-bond donors (Lipinski definition) is 3. The van der Waals surface area contributed by atoms with Crippen LogP contribution in [0.25, 0.3) is 0 Å². The van der Waals surface area contributed by atoms with Gasteiger partial charge in [-0.05, 0) is 96.3 Å². The molecular formula is C53H97O22P3. The smallest absolute Gasteiger partial charge is 0.460 e. The van der Waals surface area contributed by atoms with Crippen molar-refractivity contribution >= 4 is 41.4 Å². The fourth-order valence-corrected chi connectivity index (χ4v) is 12.0. The van der Waals surface area contributed by atoms with Crippen LogP contribution in [0, 0.1) is 23.7 Å². The zero-order valence-electron chi connectivity index (χ0n) is 48.1. The molecule has 3 fully saturated rings. The van der Waals surface area contributed by atoms with Crippen LogP contribution in [-0.2, 0) is 87.7 Å². The Bertz CT molecular complexity index is 1860. The normalized spacial score (nSPS) is 21.3. The van der Waals surface area contributed by atoms with E-state index in [-0.39, 0.29) is 101 Å². The van der Waals surface area contributed by atoms with Crippen LogP contribution in [-0.4, -0.2) is 137 Å². The van der Waals surface area contributed by atoms with Gasteiger partial charge in [0.15, 0.2) is 6.79 Å². The van der Waals surface area contributed by atoms with Crippen LogP contribution in [0.1, 0.15) is 159 Å². The predicted octanol–water partition coefficient (Wildman–Crippen LogP) is 11.1. The van der Waals surface area contributed by atoms with Crippen molar-refractivity contribution in [3.8, 4) is 0 Å². The first-order valence-electron chi connectivity index (χ1n) is 27.8. The number of fused-ring (bicyclic) bond motifs is 5. The van der Waals surface area contributed by atoms with Crippen LogP contribution >= 0.6 is 23.5 Å². The number of ether oxygens (including phenoxy) is 4. The van der Waals surface area contributed by atoms with Crippen LogP contribution in [0.5, 0.6) is 0 Å². The minimum absolute atomic E-state index is 0.0172. The molecule has 0 aromatic rings. The number of phosphoric acid groups is 3. The highest BCUT2D eigenvalue weighted by molar-refractivity contribution is 7.49. The zero-order valence-corrected chi connectivity index (χ0v) is 50.8. The second kappa shape index (κ2) is 40.9. The Morgan fingerprint density at radius 2 is 0.872 bits per heavy atom. The highest BCUT2D eigenvalue weighted by Gasteiger charge is 2.62. The molecule has 25 heteroatoms. The number of phosphoric ester groups is 3. The zero-order chi connectivity index (χ0) is 58.7. The molecule has 3 rings (SSSR count). The summed E-state index contributed by atoms with van der Waals surface area (Å²) >= 11 is 0. The highest BCUT2D eigenvalue weighted by atomic mass is 31.2. The average molecular weight is 1180 g/mol. The van der Waals surface area contributed by atoms with Crippen molar-refractivity contribution in [3.05, 3.63) is 36.5 Å².